The molecule has 1 N–H and O–H groups in total. The van der Waals surface area contributed by atoms with E-state index in [9.17, 15) is 5.11 Å². The second kappa shape index (κ2) is 11.2. The first kappa shape index (κ1) is 25.1. The summed E-state index contributed by atoms with van der Waals surface area (Å²) in [6, 6.07) is 29.8. The van der Waals surface area contributed by atoms with Crippen LogP contribution in [0.4, 0.5) is 0 Å². The van der Waals surface area contributed by atoms with Crippen LogP contribution in [0.25, 0.3) is 0 Å². The summed E-state index contributed by atoms with van der Waals surface area (Å²) < 4.78 is 31.7. The fourth-order valence-corrected chi connectivity index (χ4v) is 4.96. The second-order valence-electron chi connectivity index (χ2n) is 9.84. The van der Waals surface area contributed by atoms with Gasteiger partial charge in [0.15, 0.2) is 5.79 Å². The number of hydrogen-bond acceptors (Lipinski definition) is 6. The maximum Gasteiger partial charge on any atom is 0.164 e. The Morgan fingerprint density at radius 1 is 0.583 bits per heavy atom. The van der Waals surface area contributed by atoms with Gasteiger partial charge in [0.05, 0.1) is 19.8 Å². The molecule has 1 aliphatic carbocycles. The predicted molar refractivity (Wildman–Crippen MR) is 135 cm³/mol. The quantitative estimate of drug-likeness (QED) is 0.472. The largest absolute Gasteiger partial charge is 0.387 e. The van der Waals surface area contributed by atoms with Crippen LogP contribution in [0.15, 0.2) is 91.0 Å². The van der Waals surface area contributed by atoms with E-state index in [1.54, 1.807) is 0 Å². The Hall–Kier alpha value is -2.58. The Morgan fingerprint density at radius 2 is 0.944 bits per heavy atom. The standard InChI is InChI=1S/C30H34O6/c1-30(2)35-28-26(33-19-22-14-8-4-9-15-22)24(31)25(32-18-21-12-6-3-7-13-21)27(29(28)36-30)34-20-23-16-10-5-11-17-23/h3-17,24-29,31H,18-20H2,1-2H3/t24-,25-,26+,27?,28?,29+/m0/s1. The summed E-state index contributed by atoms with van der Waals surface area (Å²) in [5.41, 5.74) is 3.06. The lowest BCUT2D eigenvalue weighted by Gasteiger charge is -2.44. The highest BCUT2D eigenvalue weighted by molar-refractivity contribution is 5.16. The van der Waals surface area contributed by atoms with Gasteiger partial charge in [-0.15, -0.1) is 0 Å². The lowest BCUT2D eigenvalue weighted by atomic mass is 9.84. The Bertz CT molecular complexity index is 1070. The van der Waals surface area contributed by atoms with Crippen molar-refractivity contribution in [3.63, 3.8) is 0 Å². The maximum atomic E-state index is 11.6. The van der Waals surface area contributed by atoms with E-state index in [1.807, 2.05) is 105 Å². The lowest BCUT2D eigenvalue weighted by molar-refractivity contribution is -0.238. The first-order chi connectivity index (χ1) is 17.5. The van der Waals surface area contributed by atoms with E-state index in [0.29, 0.717) is 19.8 Å². The molecule has 1 saturated carbocycles. The Morgan fingerprint density at radius 3 is 1.39 bits per heavy atom. The molecule has 0 aromatic heterocycles. The molecule has 1 saturated heterocycles. The van der Waals surface area contributed by atoms with Crippen molar-refractivity contribution in [3.8, 4) is 0 Å². The van der Waals surface area contributed by atoms with Crippen molar-refractivity contribution in [3.05, 3.63) is 108 Å². The van der Waals surface area contributed by atoms with E-state index in [-0.39, 0.29) is 0 Å². The summed E-state index contributed by atoms with van der Waals surface area (Å²) in [7, 11) is 0. The minimum absolute atomic E-state index is 0.334. The molecule has 190 valence electrons. The predicted octanol–water partition coefficient (Wildman–Crippen LogP) is 4.64. The molecule has 3 aromatic carbocycles. The SMILES string of the molecule is CC1(C)OC2[C@H](O1)C(OCc1ccccc1)[C@@H](OCc1ccccc1)[C@H](O)[C@H]2OCc1ccccc1. The molecule has 36 heavy (non-hydrogen) atoms. The van der Waals surface area contributed by atoms with E-state index < -0.39 is 42.4 Å². The fraction of sp³-hybridized carbons (Fsp3) is 0.400. The molecule has 2 fully saturated rings. The molecule has 0 amide bonds. The zero-order valence-corrected chi connectivity index (χ0v) is 20.7. The summed E-state index contributed by atoms with van der Waals surface area (Å²) in [5.74, 6) is -0.841. The van der Waals surface area contributed by atoms with Gasteiger partial charge < -0.3 is 28.8 Å². The number of rotatable bonds is 9. The average Bonchev–Trinajstić information content (AvgIpc) is 3.22. The molecule has 6 nitrogen and oxygen atoms in total. The van der Waals surface area contributed by atoms with Crippen molar-refractivity contribution >= 4 is 0 Å². The molecule has 0 spiro atoms. The molecule has 0 radical (unpaired) electrons. The molecule has 2 aliphatic rings. The third-order valence-corrected chi connectivity index (χ3v) is 6.66. The third kappa shape index (κ3) is 5.86. The van der Waals surface area contributed by atoms with E-state index >= 15 is 0 Å². The van der Waals surface area contributed by atoms with E-state index in [1.165, 1.54) is 0 Å². The normalized spacial score (nSPS) is 29.1. The molecule has 2 unspecified atom stereocenters. The van der Waals surface area contributed by atoms with Gasteiger partial charge in [-0.05, 0) is 30.5 Å². The van der Waals surface area contributed by atoms with Gasteiger partial charge in [-0.2, -0.15) is 0 Å². The highest BCUT2D eigenvalue weighted by atomic mass is 16.8. The molecule has 3 aromatic rings. The van der Waals surface area contributed by atoms with Gasteiger partial charge in [0.25, 0.3) is 0 Å². The van der Waals surface area contributed by atoms with E-state index in [0.717, 1.165) is 16.7 Å². The van der Waals surface area contributed by atoms with Crippen LogP contribution >= 0.6 is 0 Å². The molecule has 1 aliphatic heterocycles. The average molecular weight is 491 g/mol. The number of fused-ring (bicyclic) bond motifs is 1. The van der Waals surface area contributed by atoms with Gasteiger partial charge in [-0.3, -0.25) is 0 Å². The Balaban J connectivity index is 1.40. The van der Waals surface area contributed by atoms with E-state index in [4.69, 9.17) is 23.7 Å². The van der Waals surface area contributed by atoms with Crippen molar-refractivity contribution in [1.82, 2.24) is 0 Å². The minimum Gasteiger partial charge on any atom is -0.387 e. The van der Waals surface area contributed by atoms with Crippen molar-refractivity contribution < 1.29 is 28.8 Å². The summed E-state index contributed by atoms with van der Waals surface area (Å²) in [6.07, 6.45) is -3.81. The summed E-state index contributed by atoms with van der Waals surface area (Å²) >= 11 is 0. The van der Waals surface area contributed by atoms with Crippen LogP contribution in [0.5, 0.6) is 0 Å². The third-order valence-electron chi connectivity index (χ3n) is 6.66. The maximum absolute atomic E-state index is 11.6. The number of benzene rings is 3. The van der Waals surface area contributed by atoms with Crippen LogP contribution in [0.3, 0.4) is 0 Å². The topological polar surface area (TPSA) is 66.4 Å². The van der Waals surface area contributed by atoms with Crippen molar-refractivity contribution in [1.29, 1.82) is 0 Å². The zero-order valence-electron chi connectivity index (χ0n) is 20.7. The molecular formula is C30H34O6. The van der Waals surface area contributed by atoms with Gasteiger partial charge in [0, 0.05) is 0 Å². The fourth-order valence-electron chi connectivity index (χ4n) is 4.96. The monoisotopic (exact) mass is 490 g/mol. The van der Waals surface area contributed by atoms with Crippen LogP contribution in [-0.2, 0) is 43.5 Å². The van der Waals surface area contributed by atoms with Crippen LogP contribution in [0.2, 0.25) is 0 Å². The number of aliphatic hydroxyl groups excluding tert-OH is 1. The van der Waals surface area contributed by atoms with Crippen molar-refractivity contribution in [2.24, 2.45) is 0 Å². The van der Waals surface area contributed by atoms with Gasteiger partial charge in [0.1, 0.15) is 36.6 Å². The van der Waals surface area contributed by atoms with Gasteiger partial charge in [-0.25, -0.2) is 0 Å². The summed E-state index contributed by atoms with van der Waals surface area (Å²) in [5, 5.41) is 11.6. The van der Waals surface area contributed by atoms with Crippen molar-refractivity contribution in [2.75, 3.05) is 0 Å². The number of hydrogen-bond donors (Lipinski definition) is 1. The van der Waals surface area contributed by atoms with Crippen LogP contribution in [0, 0.1) is 0 Å². The van der Waals surface area contributed by atoms with Gasteiger partial charge in [-0.1, -0.05) is 91.0 Å². The second-order valence-corrected chi connectivity index (χ2v) is 9.84. The molecular weight excluding hydrogens is 456 g/mol. The van der Waals surface area contributed by atoms with Crippen LogP contribution in [0.1, 0.15) is 30.5 Å². The van der Waals surface area contributed by atoms with Crippen molar-refractivity contribution in [2.45, 2.75) is 76.1 Å². The first-order valence-electron chi connectivity index (χ1n) is 12.5. The molecule has 6 heteroatoms. The van der Waals surface area contributed by atoms with Crippen LogP contribution in [-0.4, -0.2) is 47.5 Å². The lowest BCUT2D eigenvalue weighted by Crippen LogP contribution is -2.64. The highest BCUT2D eigenvalue weighted by Gasteiger charge is 2.59. The number of aliphatic hydroxyl groups is 1. The van der Waals surface area contributed by atoms with Crippen LogP contribution < -0.4 is 0 Å². The zero-order chi connectivity index (χ0) is 25.0. The molecule has 1 heterocycles. The Kier molecular flexibility index (Phi) is 7.82. The Labute approximate surface area is 212 Å². The summed E-state index contributed by atoms with van der Waals surface area (Å²) in [6.45, 7) is 4.80. The summed E-state index contributed by atoms with van der Waals surface area (Å²) in [4.78, 5) is 0. The first-order valence-corrected chi connectivity index (χ1v) is 12.5. The molecule has 5 rings (SSSR count). The van der Waals surface area contributed by atoms with Gasteiger partial charge >= 0.3 is 0 Å². The highest BCUT2D eigenvalue weighted by Crippen LogP contribution is 2.41. The molecule has 6 atom stereocenters. The minimum atomic E-state index is -0.975. The number of ether oxygens (including phenoxy) is 5. The van der Waals surface area contributed by atoms with E-state index in [2.05, 4.69) is 0 Å². The smallest absolute Gasteiger partial charge is 0.164 e. The van der Waals surface area contributed by atoms with Gasteiger partial charge in [0.2, 0.25) is 0 Å². The molecule has 0 bridgehead atoms.